The molecule has 2 rings (SSSR count). The number of anilines is 1. The van der Waals surface area contributed by atoms with E-state index in [0.29, 0.717) is 48.9 Å². The fourth-order valence-corrected chi connectivity index (χ4v) is 3.68. The molecule has 0 unspecified atom stereocenters. The molecular formula is C17H26N5O8P. The highest BCUT2D eigenvalue weighted by Gasteiger charge is 2.25. The number of aromatic nitrogens is 4. The Morgan fingerprint density at radius 2 is 1.74 bits per heavy atom. The fourth-order valence-electron chi connectivity index (χ4n) is 2.23. The van der Waals surface area contributed by atoms with Crippen molar-refractivity contribution in [3.05, 3.63) is 24.8 Å². The van der Waals surface area contributed by atoms with Gasteiger partial charge in [-0.25, -0.2) is 24.5 Å². The zero-order valence-electron chi connectivity index (χ0n) is 17.4. The van der Waals surface area contributed by atoms with Crippen molar-refractivity contribution >= 4 is 36.5 Å². The Morgan fingerprint density at radius 3 is 2.26 bits per heavy atom. The van der Waals surface area contributed by atoms with Gasteiger partial charge in [0, 0.05) is 12.2 Å². The Balaban J connectivity index is 0.000000512. The summed E-state index contributed by atoms with van der Waals surface area (Å²) in [5.74, 6) is -2.18. The second-order valence-electron chi connectivity index (χ2n) is 5.89. The predicted octanol–water partition coefficient (Wildman–Crippen LogP) is 1.75. The van der Waals surface area contributed by atoms with Crippen LogP contribution >= 0.6 is 7.60 Å². The summed E-state index contributed by atoms with van der Waals surface area (Å²) < 4.78 is 30.2. The van der Waals surface area contributed by atoms with Gasteiger partial charge in [0.25, 0.3) is 0 Å². The van der Waals surface area contributed by atoms with Crippen LogP contribution in [0.5, 0.6) is 0 Å². The van der Waals surface area contributed by atoms with Crippen LogP contribution in [0.4, 0.5) is 5.82 Å². The molecule has 2 aromatic heterocycles. The normalized spacial score (nSPS) is 12.5. The van der Waals surface area contributed by atoms with Gasteiger partial charge < -0.3 is 34.3 Å². The van der Waals surface area contributed by atoms with Crippen molar-refractivity contribution in [1.82, 2.24) is 19.5 Å². The zero-order chi connectivity index (χ0) is 23.4. The lowest BCUT2D eigenvalue weighted by Gasteiger charge is -2.20. The first-order chi connectivity index (χ1) is 14.6. The maximum absolute atomic E-state index is 12.4. The minimum Gasteiger partial charge on any atom is -0.478 e. The molecule has 0 fully saturated rings. The molecule has 2 heterocycles. The van der Waals surface area contributed by atoms with Crippen molar-refractivity contribution in [1.29, 1.82) is 0 Å². The van der Waals surface area contributed by atoms with Gasteiger partial charge in [0.15, 0.2) is 11.5 Å². The van der Waals surface area contributed by atoms with E-state index in [1.807, 2.05) is 11.5 Å². The second-order valence-corrected chi connectivity index (χ2v) is 7.89. The average molecular weight is 459 g/mol. The number of ether oxygens (including phenoxy) is 1. The van der Waals surface area contributed by atoms with Crippen LogP contribution in [0.25, 0.3) is 11.2 Å². The number of nitrogens with two attached hydrogens (primary N) is 1. The van der Waals surface area contributed by atoms with Crippen molar-refractivity contribution in [3.63, 3.8) is 0 Å². The highest BCUT2D eigenvalue weighted by Crippen LogP contribution is 2.48. The number of aliphatic carboxylic acids is 2. The molecule has 0 aliphatic rings. The zero-order valence-corrected chi connectivity index (χ0v) is 18.3. The molecule has 1 atom stereocenters. The van der Waals surface area contributed by atoms with Crippen LogP contribution in [0.15, 0.2) is 24.8 Å². The van der Waals surface area contributed by atoms with Crippen LogP contribution in [0, 0.1) is 0 Å². The Labute approximate surface area is 178 Å². The van der Waals surface area contributed by atoms with Gasteiger partial charge in [-0.15, -0.1) is 0 Å². The van der Waals surface area contributed by atoms with E-state index in [1.165, 1.54) is 6.33 Å². The molecule has 0 aromatic carbocycles. The molecule has 0 amide bonds. The highest BCUT2D eigenvalue weighted by molar-refractivity contribution is 7.53. The third-order valence-electron chi connectivity index (χ3n) is 3.42. The largest absolute Gasteiger partial charge is 0.478 e. The van der Waals surface area contributed by atoms with Gasteiger partial charge >= 0.3 is 19.5 Å². The highest BCUT2D eigenvalue weighted by atomic mass is 31.2. The maximum atomic E-state index is 12.4. The molecular weight excluding hydrogens is 433 g/mol. The van der Waals surface area contributed by atoms with Crippen LogP contribution in [-0.2, 0) is 34.5 Å². The van der Waals surface area contributed by atoms with E-state index in [1.54, 1.807) is 20.2 Å². The smallest absolute Gasteiger partial charge is 0.356 e. The molecule has 0 aliphatic carbocycles. The number of carboxylic acid groups (broad SMARTS) is 2. The number of nitrogen functional groups attached to an aromatic ring is 1. The third-order valence-corrected chi connectivity index (χ3v) is 5.19. The first-order valence-electron chi connectivity index (χ1n) is 9.16. The molecule has 14 heteroatoms. The molecule has 31 heavy (non-hydrogen) atoms. The first-order valence-corrected chi connectivity index (χ1v) is 10.9. The lowest BCUT2D eigenvalue weighted by atomic mass is 10.4. The van der Waals surface area contributed by atoms with Gasteiger partial charge in [-0.3, -0.25) is 4.57 Å². The molecule has 0 radical (unpaired) electrons. The number of hydrogen-bond donors (Lipinski definition) is 3. The summed E-state index contributed by atoms with van der Waals surface area (Å²) in [4.78, 5) is 31.4. The van der Waals surface area contributed by atoms with Gasteiger partial charge in [0.05, 0.1) is 32.2 Å². The van der Waals surface area contributed by atoms with Crippen molar-refractivity contribution < 1.29 is 38.2 Å². The molecule has 0 spiro atoms. The predicted molar refractivity (Wildman–Crippen MR) is 110 cm³/mol. The Kier molecular flexibility index (Phi) is 10.8. The van der Waals surface area contributed by atoms with Gasteiger partial charge in [-0.1, -0.05) is 0 Å². The van der Waals surface area contributed by atoms with E-state index in [0.717, 1.165) is 0 Å². The van der Waals surface area contributed by atoms with Crippen molar-refractivity contribution in [3.8, 4) is 0 Å². The minimum absolute atomic E-state index is 0.0976. The number of carboxylic acids is 2. The van der Waals surface area contributed by atoms with Crippen LogP contribution in [0.2, 0.25) is 0 Å². The molecule has 0 saturated carbocycles. The van der Waals surface area contributed by atoms with E-state index in [-0.39, 0.29) is 12.5 Å². The molecule has 4 N–H and O–H groups in total. The summed E-state index contributed by atoms with van der Waals surface area (Å²) in [5.41, 5.74) is 6.93. The first kappa shape index (κ1) is 26.2. The van der Waals surface area contributed by atoms with E-state index < -0.39 is 19.5 Å². The van der Waals surface area contributed by atoms with Gasteiger partial charge in [0.2, 0.25) is 0 Å². The third kappa shape index (κ3) is 9.22. The Hall–Kier alpha value is -2.86. The monoisotopic (exact) mass is 459 g/mol. The standard InChI is InChI=1S/C13H22N5O4P.C4H4O4/c1-4-21-23(19,22-5-2)9-20-10(3)6-18-8-17-11-12(14)15-7-16-13(11)18;5-3(6)1-2-4(7)8/h7-8,10H,4-6,9H2,1-3H3,(H2,14,15,16);1-2H,(H,5,6)(H,7,8)/b;2-1+/t10-;/m1./s1. The van der Waals surface area contributed by atoms with Crippen LogP contribution in [-0.4, -0.2) is 67.3 Å². The van der Waals surface area contributed by atoms with Crippen LogP contribution in [0.1, 0.15) is 20.8 Å². The number of fused-ring (bicyclic) bond motifs is 1. The molecule has 13 nitrogen and oxygen atoms in total. The topological polar surface area (TPSA) is 189 Å². The van der Waals surface area contributed by atoms with Crippen LogP contribution in [0.3, 0.4) is 0 Å². The molecule has 2 aromatic rings. The number of carbonyl (C=O) groups is 2. The summed E-state index contributed by atoms with van der Waals surface area (Å²) in [6.07, 6.45) is 3.79. The number of imidazole rings is 1. The van der Waals surface area contributed by atoms with Crippen molar-refractivity contribution in [2.45, 2.75) is 33.4 Å². The van der Waals surface area contributed by atoms with E-state index in [4.69, 9.17) is 29.7 Å². The minimum atomic E-state index is -3.21. The van der Waals surface area contributed by atoms with E-state index >= 15 is 0 Å². The van der Waals surface area contributed by atoms with Gasteiger partial charge in [0.1, 0.15) is 18.2 Å². The van der Waals surface area contributed by atoms with E-state index in [2.05, 4.69) is 15.0 Å². The summed E-state index contributed by atoms with van der Waals surface area (Å²) in [6, 6.07) is 0. The number of hydrogen-bond acceptors (Lipinski definition) is 10. The Bertz CT molecular complexity index is 922. The average Bonchev–Trinajstić information content (AvgIpc) is 3.10. The summed E-state index contributed by atoms with van der Waals surface area (Å²) >= 11 is 0. The molecule has 0 saturated heterocycles. The fraction of sp³-hybridized carbons (Fsp3) is 0.471. The van der Waals surface area contributed by atoms with Crippen LogP contribution < -0.4 is 5.73 Å². The number of nitrogens with zero attached hydrogens (tertiary/aromatic N) is 4. The summed E-state index contributed by atoms with van der Waals surface area (Å²) in [6.45, 7) is 6.46. The summed E-state index contributed by atoms with van der Waals surface area (Å²) in [5, 5.41) is 15.6. The lowest BCUT2D eigenvalue weighted by Crippen LogP contribution is -2.18. The molecule has 172 valence electrons. The molecule has 0 bridgehead atoms. The SMILES string of the molecule is CCOP(=O)(CO[C@H](C)Cn1cnc2c(N)ncnc21)OCC.O=C(O)/C=C/C(=O)O. The van der Waals surface area contributed by atoms with Gasteiger partial charge in [-0.05, 0) is 20.8 Å². The number of rotatable bonds is 11. The maximum Gasteiger partial charge on any atom is 0.356 e. The van der Waals surface area contributed by atoms with Crippen molar-refractivity contribution in [2.24, 2.45) is 0 Å². The van der Waals surface area contributed by atoms with E-state index in [9.17, 15) is 14.2 Å². The second kappa shape index (κ2) is 12.7. The van der Waals surface area contributed by atoms with Crippen molar-refractivity contribution in [2.75, 3.05) is 25.3 Å². The lowest BCUT2D eigenvalue weighted by molar-refractivity contribution is -0.134. The Morgan fingerprint density at radius 1 is 1.16 bits per heavy atom. The molecule has 0 aliphatic heterocycles. The van der Waals surface area contributed by atoms with Gasteiger partial charge in [-0.2, -0.15) is 0 Å². The summed E-state index contributed by atoms with van der Waals surface area (Å²) in [7, 11) is -3.21. The quantitative estimate of drug-likeness (QED) is 0.326.